The fourth-order valence-corrected chi connectivity index (χ4v) is 3.27. The lowest BCUT2D eigenvalue weighted by molar-refractivity contribution is 0.636. The average molecular weight is 293 g/mol. The summed E-state index contributed by atoms with van der Waals surface area (Å²) in [5.74, 6) is 0. The first-order chi connectivity index (χ1) is 10.9. The Morgan fingerprint density at radius 3 is 2.09 bits per heavy atom. The quantitative estimate of drug-likeness (QED) is 0.841. The predicted molar refractivity (Wildman–Crippen MR) is 93.8 cm³/mol. The summed E-state index contributed by atoms with van der Waals surface area (Å²) in [6.07, 6.45) is -0.114. The number of hydrogen-bond donors (Lipinski definition) is 1. The van der Waals surface area contributed by atoms with Crippen molar-refractivity contribution < 1.29 is 1.41 Å². The van der Waals surface area contributed by atoms with E-state index in [1.807, 2.05) is 6.92 Å². The summed E-state index contributed by atoms with van der Waals surface area (Å²) in [5.41, 5.74) is 8.23. The molecule has 1 heterocycles. The molecule has 114 valence electrons. The second kappa shape index (κ2) is 5.53. The number of anilines is 1. The van der Waals surface area contributed by atoms with Gasteiger partial charge >= 0.3 is 0 Å². The molecule has 1 atom stereocenters. The van der Waals surface area contributed by atoms with Crippen LogP contribution in [0.5, 0.6) is 0 Å². The number of benzene rings is 2. The van der Waals surface area contributed by atoms with Crippen molar-refractivity contribution >= 4 is 5.69 Å². The third kappa shape index (κ3) is 2.29. The van der Waals surface area contributed by atoms with Crippen molar-refractivity contribution in [1.82, 2.24) is 5.31 Å². The van der Waals surface area contributed by atoms with Gasteiger partial charge in [-0.1, -0.05) is 36.4 Å². The largest absolute Gasteiger partial charge is 0.363 e. The maximum absolute atomic E-state index is 8.64. The summed E-state index contributed by atoms with van der Waals surface area (Å²) in [5, 5.41) is 1.65. The number of hydrogen-bond acceptors (Lipinski definition) is 2. The highest BCUT2D eigenvalue weighted by atomic mass is 15.3. The van der Waals surface area contributed by atoms with Crippen LogP contribution in [0.4, 0.5) is 5.69 Å². The second-order valence-electron chi connectivity index (χ2n) is 6.14. The molecule has 0 saturated heterocycles. The Morgan fingerprint density at radius 2 is 1.45 bits per heavy atom. The van der Waals surface area contributed by atoms with E-state index in [0.717, 1.165) is 11.4 Å². The van der Waals surface area contributed by atoms with Gasteiger partial charge in [-0.15, -0.1) is 0 Å². The zero-order chi connectivity index (χ0) is 16.7. The maximum atomic E-state index is 8.64. The van der Waals surface area contributed by atoms with Gasteiger partial charge in [-0.3, -0.25) is 0 Å². The molecule has 1 aliphatic heterocycles. The van der Waals surface area contributed by atoms with E-state index in [2.05, 4.69) is 75.1 Å². The first kappa shape index (κ1) is 13.4. The van der Waals surface area contributed by atoms with E-state index in [1.165, 1.54) is 27.9 Å². The summed E-state index contributed by atoms with van der Waals surface area (Å²) in [6.45, 7) is 10.5. The normalized spacial score (nSPS) is 19.0. The predicted octanol–water partition coefficient (Wildman–Crippen LogP) is 4.97. The number of nitrogens with one attached hydrogen (secondary N) is 1. The molecule has 0 aromatic heterocycles. The smallest absolute Gasteiger partial charge is 0.162 e. The average Bonchev–Trinajstić information content (AvgIpc) is 2.73. The minimum atomic E-state index is -0.114. The van der Waals surface area contributed by atoms with E-state index in [-0.39, 0.29) is 6.17 Å². The molecule has 2 nitrogen and oxygen atoms in total. The van der Waals surface area contributed by atoms with E-state index in [1.54, 1.807) is 5.31 Å². The lowest BCUT2D eigenvalue weighted by atomic mass is 9.99. The van der Waals surface area contributed by atoms with Crippen LogP contribution in [-0.2, 0) is 0 Å². The van der Waals surface area contributed by atoms with Crippen LogP contribution in [0.15, 0.2) is 53.9 Å². The van der Waals surface area contributed by atoms with Gasteiger partial charge in [0.25, 0.3) is 0 Å². The molecule has 22 heavy (non-hydrogen) atoms. The van der Waals surface area contributed by atoms with E-state index < -0.39 is 0 Å². The summed E-state index contributed by atoms with van der Waals surface area (Å²) >= 11 is 0. The van der Waals surface area contributed by atoms with Gasteiger partial charge in [0.1, 0.15) is 6.17 Å². The third-order valence-corrected chi connectivity index (χ3v) is 4.62. The fraction of sp³-hybridized carbons (Fsp3) is 0.300. The van der Waals surface area contributed by atoms with Crippen LogP contribution in [0.1, 0.15) is 42.3 Å². The maximum Gasteiger partial charge on any atom is 0.162 e. The topological polar surface area (TPSA) is 15.3 Å². The summed E-state index contributed by atoms with van der Waals surface area (Å²) in [7, 11) is 0. The zero-order valence-corrected chi connectivity index (χ0v) is 14.0. The molecule has 0 radical (unpaired) electrons. The number of allylic oxidation sites excluding steroid dienone is 2. The molecule has 2 aromatic rings. The van der Waals surface area contributed by atoms with Crippen molar-refractivity contribution in [2.45, 2.75) is 40.8 Å². The zero-order valence-electron chi connectivity index (χ0n) is 15.0. The number of nitrogens with zero attached hydrogens (tertiary/aromatic N) is 1. The van der Waals surface area contributed by atoms with Crippen molar-refractivity contribution in [2.24, 2.45) is 0 Å². The third-order valence-electron chi connectivity index (χ3n) is 4.62. The monoisotopic (exact) mass is 293 g/mol. The van der Waals surface area contributed by atoms with Crippen molar-refractivity contribution in [3.8, 4) is 0 Å². The van der Waals surface area contributed by atoms with Gasteiger partial charge in [0.2, 0.25) is 0 Å². The van der Waals surface area contributed by atoms with Gasteiger partial charge in [-0.25, -0.2) is 0 Å². The summed E-state index contributed by atoms with van der Waals surface area (Å²) < 4.78 is 8.64. The molecule has 0 aliphatic carbocycles. The first-order valence-corrected chi connectivity index (χ1v) is 7.80. The summed E-state index contributed by atoms with van der Waals surface area (Å²) in [4.78, 5) is 2.30. The molecular weight excluding hydrogens is 268 g/mol. The minimum absolute atomic E-state index is 0.114. The van der Waals surface area contributed by atoms with Crippen LogP contribution in [0, 0.1) is 20.8 Å². The first-order valence-electron chi connectivity index (χ1n) is 8.24. The highest BCUT2D eigenvalue weighted by molar-refractivity contribution is 5.62. The molecule has 1 aliphatic rings. The Labute approximate surface area is 134 Å². The number of para-hydroxylation sites is 1. The molecule has 0 saturated carbocycles. The Hall–Kier alpha value is -2.22. The van der Waals surface area contributed by atoms with E-state index in [4.69, 9.17) is 1.41 Å². The van der Waals surface area contributed by atoms with Gasteiger partial charge < -0.3 is 10.2 Å². The molecule has 1 N–H and O–H groups in total. The van der Waals surface area contributed by atoms with Crippen LogP contribution in [-0.4, -0.2) is 0 Å². The Kier molecular flexibility index (Phi) is 3.38. The summed E-state index contributed by atoms with van der Waals surface area (Å²) in [6, 6.07) is 14.8. The standard InChI is InChI=1S/C20H24N2/c1-13-9-6-7-12-18(13)22-17(5)16(4)21-20(22)19-14(2)10-8-11-15(19)3/h6-12,20-21H,1-5H3/i/hD. The molecule has 2 heteroatoms. The molecule has 3 rings (SSSR count). The highest BCUT2D eigenvalue weighted by Crippen LogP contribution is 2.39. The van der Waals surface area contributed by atoms with Gasteiger partial charge in [0.15, 0.2) is 1.41 Å². The lowest BCUT2D eigenvalue weighted by Crippen LogP contribution is -2.30. The highest BCUT2D eigenvalue weighted by Gasteiger charge is 2.31. The number of aryl methyl sites for hydroxylation is 3. The van der Waals surface area contributed by atoms with Crippen molar-refractivity contribution in [3.05, 3.63) is 76.1 Å². The van der Waals surface area contributed by atoms with E-state index in [0.29, 0.717) is 0 Å². The molecular formula is C20H24N2. The molecule has 0 fully saturated rings. The van der Waals surface area contributed by atoms with Gasteiger partial charge in [-0.2, -0.15) is 0 Å². The van der Waals surface area contributed by atoms with Gasteiger partial charge in [0, 0.05) is 22.6 Å². The number of rotatable bonds is 2. The molecule has 0 amide bonds. The fourth-order valence-electron chi connectivity index (χ4n) is 3.27. The molecule has 2 aromatic carbocycles. The SMILES string of the molecule is [2H]N1C(C)=C(C)N(c2ccccc2C)C1c1c(C)cccc1C. The van der Waals surface area contributed by atoms with Crippen molar-refractivity contribution in [1.29, 1.82) is 0 Å². The van der Waals surface area contributed by atoms with Gasteiger partial charge in [0.05, 0.1) is 0 Å². The van der Waals surface area contributed by atoms with Crippen LogP contribution in [0.25, 0.3) is 0 Å². The Balaban J connectivity index is 2.21. The van der Waals surface area contributed by atoms with Crippen LogP contribution < -0.4 is 10.2 Å². The Morgan fingerprint density at radius 1 is 0.864 bits per heavy atom. The van der Waals surface area contributed by atoms with Crippen LogP contribution >= 0.6 is 0 Å². The van der Waals surface area contributed by atoms with Crippen molar-refractivity contribution in [2.75, 3.05) is 4.90 Å². The van der Waals surface area contributed by atoms with Crippen LogP contribution in [0.2, 0.25) is 1.41 Å². The minimum Gasteiger partial charge on any atom is -0.363 e. The molecule has 0 spiro atoms. The lowest BCUT2D eigenvalue weighted by Gasteiger charge is -2.31. The van der Waals surface area contributed by atoms with Crippen molar-refractivity contribution in [3.63, 3.8) is 0 Å². The van der Waals surface area contributed by atoms with Crippen LogP contribution in [0.3, 0.4) is 0 Å². The van der Waals surface area contributed by atoms with E-state index in [9.17, 15) is 0 Å². The molecule has 0 bridgehead atoms. The second-order valence-corrected chi connectivity index (χ2v) is 6.14. The van der Waals surface area contributed by atoms with Gasteiger partial charge in [-0.05, 0) is 57.4 Å². The van der Waals surface area contributed by atoms with E-state index >= 15 is 0 Å². The molecule has 1 unspecified atom stereocenters. The Bertz CT molecular complexity index is 759.